The molecule has 0 spiro atoms. The number of ether oxygens (including phenoxy) is 1. The van der Waals surface area contributed by atoms with E-state index in [4.69, 9.17) is 16.3 Å². The summed E-state index contributed by atoms with van der Waals surface area (Å²) in [5.41, 5.74) is 0.807. The Hall–Kier alpha value is -1.83. The van der Waals surface area contributed by atoms with E-state index in [0.717, 1.165) is 4.88 Å². The lowest BCUT2D eigenvalue weighted by Crippen LogP contribution is -2.31. The number of hydrogen-bond donors (Lipinski definition) is 1. The first-order valence-electron chi connectivity index (χ1n) is 7.79. The largest absolute Gasteiger partial charge is 0.452 e. The van der Waals surface area contributed by atoms with E-state index in [1.807, 2.05) is 12.1 Å². The molecule has 2 rings (SSSR count). The Morgan fingerprint density at radius 1 is 1.23 bits per heavy atom. The van der Waals surface area contributed by atoms with Crippen LogP contribution in [0.25, 0.3) is 0 Å². The molecule has 1 N–H and O–H groups in total. The summed E-state index contributed by atoms with van der Waals surface area (Å²) in [6.07, 6.45) is -0.959. The third-order valence-electron chi connectivity index (χ3n) is 3.33. The number of thioether (sulfide) groups is 1. The van der Waals surface area contributed by atoms with Crippen molar-refractivity contribution in [3.05, 3.63) is 51.2 Å². The van der Waals surface area contributed by atoms with Crippen LogP contribution in [-0.4, -0.2) is 29.5 Å². The molecule has 0 unspecified atom stereocenters. The minimum absolute atomic E-state index is 0.136. The van der Waals surface area contributed by atoms with Crippen LogP contribution in [0.4, 0.5) is 5.69 Å². The maximum atomic E-state index is 12.2. The Morgan fingerprint density at radius 2 is 1.96 bits per heavy atom. The summed E-state index contributed by atoms with van der Waals surface area (Å²) in [5, 5.41) is 2.62. The predicted molar refractivity (Wildman–Crippen MR) is 106 cm³/mol. The molecule has 0 aliphatic carbocycles. The number of carbonyl (C=O) groups excluding carboxylic acids is 3. The Bertz CT molecular complexity index is 806. The number of amides is 1. The number of halogens is 1. The lowest BCUT2D eigenvalue weighted by atomic mass is 10.1. The van der Waals surface area contributed by atoms with Crippen LogP contribution < -0.4 is 5.32 Å². The Balaban J connectivity index is 1.81. The zero-order chi connectivity index (χ0) is 19.1. The summed E-state index contributed by atoms with van der Waals surface area (Å²) >= 11 is 8.71. The Kier molecular flexibility index (Phi) is 7.68. The fraction of sp³-hybridized carbons (Fsp3) is 0.278. The highest BCUT2D eigenvalue weighted by molar-refractivity contribution is 7.99. The SMILES string of the molecule is CC(=O)c1ccccc1NC(=O)[C@H](C)OC(=O)CSCc1ccc(Cl)s1. The molecule has 0 bridgehead atoms. The van der Waals surface area contributed by atoms with Crippen molar-refractivity contribution >= 4 is 58.0 Å². The van der Waals surface area contributed by atoms with Crippen LogP contribution in [0.1, 0.15) is 29.1 Å². The topological polar surface area (TPSA) is 72.5 Å². The van der Waals surface area contributed by atoms with Crippen molar-refractivity contribution in [3.8, 4) is 0 Å². The number of hydrogen-bond acceptors (Lipinski definition) is 6. The van der Waals surface area contributed by atoms with Crippen LogP contribution in [0.5, 0.6) is 0 Å². The van der Waals surface area contributed by atoms with E-state index in [1.54, 1.807) is 24.3 Å². The van der Waals surface area contributed by atoms with Crippen LogP contribution in [0.15, 0.2) is 36.4 Å². The summed E-state index contributed by atoms with van der Waals surface area (Å²) in [4.78, 5) is 36.7. The Labute approximate surface area is 165 Å². The lowest BCUT2D eigenvalue weighted by molar-refractivity contribution is -0.150. The van der Waals surface area contributed by atoms with Gasteiger partial charge in [-0.3, -0.25) is 14.4 Å². The van der Waals surface area contributed by atoms with Gasteiger partial charge in [-0.05, 0) is 38.1 Å². The van der Waals surface area contributed by atoms with Crippen molar-refractivity contribution in [2.24, 2.45) is 0 Å². The molecule has 0 radical (unpaired) electrons. The van der Waals surface area contributed by atoms with E-state index in [9.17, 15) is 14.4 Å². The molecular weight excluding hydrogens is 394 g/mol. The van der Waals surface area contributed by atoms with E-state index in [2.05, 4.69) is 5.32 Å². The summed E-state index contributed by atoms with van der Waals surface area (Å²) in [6.45, 7) is 2.92. The first-order chi connectivity index (χ1) is 12.4. The number of anilines is 1. The number of carbonyl (C=O) groups is 3. The Morgan fingerprint density at radius 3 is 2.62 bits per heavy atom. The number of para-hydroxylation sites is 1. The first-order valence-corrected chi connectivity index (χ1v) is 10.1. The molecule has 0 saturated heterocycles. The van der Waals surface area contributed by atoms with Gasteiger partial charge in [0.15, 0.2) is 11.9 Å². The fourth-order valence-corrected chi connectivity index (χ4v) is 4.09. The van der Waals surface area contributed by atoms with Crippen molar-refractivity contribution in [1.82, 2.24) is 0 Å². The van der Waals surface area contributed by atoms with Gasteiger partial charge in [0.1, 0.15) is 0 Å². The second kappa shape index (κ2) is 9.75. The van der Waals surface area contributed by atoms with Gasteiger partial charge in [-0.1, -0.05) is 23.7 Å². The van der Waals surface area contributed by atoms with Gasteiger partial charge in [0.2, 0.25) is 0 Å². The van der Waals surface area contributed by atoms with E-state index in [-0.39, 0.29) is 11.5 Å². The second-order valence-electron chi connectivity index (χ2n) is 5.42. The third-order valence-corrected chi connectivity index (χ3v) is 5.70. The van der Waals surface area contributed by atoms with Gasteiger partial charge in [0.25, 0.3) is 5.91 Å². The number of ketones is 1. The molecule has 0 saturated carbocycles. The highest BCUT2D eigenvalue weighted by atomic mass is 35.5. The van der Waals surface area contributed by atoms with Gasteiger partial charge in [0.05, 0.1) is 15.8 Å². The third kappa shape index (κ3) is 6.16. The molecule has 5 nitrogen and oxygen atoms in total. The molecule has 0 fully saturated rings. The van der Waals surface area contributed by atoms with Gasteiger partial charge in [-0.15, -0.1) is 23.1 Å². The number of rotatable bonds is 8. The maximum absolute atomic E-state index is 12.2. The second-order valence-corrected chi connectivity index (χ2v) is 8.21. The van der Waals surface area contributed by atoms with E-state index < -0.39 is 18.0 Å². The molecule has 1 atom stereocenters. The lowest BCUT2D eigenvalue weighted by Gasteiger charge is -2.14. The van der Waals surface area contributed by atoms with Crippen LogP contribution in [0.2, 0.25) is 4.34 Å². The number of Topliss-reactive ketones (excluding diaryl/α,β-unsaturated/α-hetero) is 1. The smallest absolute Gasteiger partial charge is 0.316 e. The van der Waals surface area contributed by atoms with Crippen LogP contribution in [-0.2, 0) is 20.1 Å². The molecule has 1 aromatic carbocycles. The molecule has 0 aliphatic heterocycles. The number of nitrogens with one attached hydrogen (secondary N) is 1. The fourth-order valence-electron chi connectivity index (χ4n) is 2.08. The number of esters is 1. The van der Waals surface area contributed by atoms with Crippen LogP contribution in [0, 0.1) is 0 Å². The van der Waals surface area contributed by atoms with Crippen molar-refractivity contribution in [3.63, 3.8) is 0 Å². The van der Waals surface area contributed by atoms with Crippen molar-refractivity contribution in [2.75, 3.05) is 11.1 Å². The van der Waals surface area contributed by atoms with Crippen LogP contribution >= 0.6 is 34.7 Å². The minimum atomic E-state index is -0.959. The number of benzene rings is 1. The van der Waals surface area contributed by atoms with Gasteiger partial charge in [-0.25, -0.2) is 0 Å². The van der Waals surface area contributed by atoms with Gasteiger partial charge < -0.3 is 10.1 Å². The van der Waals surface area contributed by atoms with Gasteiger partial charge in [-0.2, -0.15) is 0 Å². The van der Waals surface area contributed by atoms with E-state index in [0.29, 0.717) is 21.3 Å². The van der Waals surface area contributed by atoms with E-state index >= 15 is 0 Å². The molecule has 0 aliphatic rings. The molecule has 1 heterocycles. The zero-order valence-corrected chi connectivity index (χ0v) is 16.7. The van der Waals surface area contributed by atoms with Crippen molar-refractivity contribution < 1.29 is 19.1 Å². The average Bonchev–Trinajstić information content (AvgIpc) is 3.00. The highest BCUT2D eigenvalue weighted by Crippen LogP contribution is 2.25. The van der Waals surface area contributed by atoms with Crippen molar-refractivity contribution in [2.45, 2.75) is 25.7 Å². The molecular formula is C18H18ClNO4S2. The molecule has 8 heteroatoms. The normalized spacial score (nSPS) is 11.7. The predicted octanol–water partition coefficient (Wildman–Crippen LogP) is 4.41. The monoisotopic (exact) mass is 411 g/mol. The molecule has 1 amide bonds. The molecule has 26 heavy (non-hydrogen) atoms. The standard InChI is InChI=1S/C18H18ClNO4S2/c1-11(21)14-5-3-4-6-15(14)20-18(23)12(2)24-17(22)10-25-9-13-7-8-16(19)26-13/h3-8,12H,9-10H2,1-2H3,(H,20,23)/t12-/m0/s1. The zero-order valence-electron chi connectivity index (χ0n) is 14.3. The first kappa shape index (κ1) is 20.5. The summed E-state index contributed by atoms with van der Waals surface area (Å²) in [6, 6.07) is 10.4. The summed E-state index contributed by atoms with van der Waals surface area (Å²) < 4.78 is 5.86. The van der Waals surface area contributed by atoms with Crippen molar-refractivity contribution in [1.29, 1.82) is 0 Å². The number of thiophene rings is 1. The summed E-state index contributed by atoms with van der Waals surface area (Å²) in [7, 11) is 0. The molecule has 1 aromatic heterocycles. The van der Waals surface area contributed by atoms with E-state index in [1.165, 1.54) is 36.9 Å². The van der Waals surface area contributed by atoms with Crippen LogP contribution in [0.3, 0.4) is 0 Å². The highest BCUT2D eigenvalue weighted by Gasteiger charge is 2.19. The van der Waals surface area contributed by atoms with Gasteiger partial charge >= 0.3 is 5.97 Å². The maximum Gasteiger partial charge on any atom is 0.316 e. The minimum Gasteiger partial charge on any atom is -0.452 e. The quantitative estimate of drug-likeness (QED) is 0.514. The average molecular weight is 412 g/mol. The van der Waals surface area contributed by atoms with Gasteiger partial charge in [0, 0.05) is 16.2 Å². The summed E-state index contributed by atoms with van der Waals surface area (Å²) in [5.74, 6) is -0.325. The molecule has 138 valence electrons. The molecule has 2 aromatic rings.